The molecule has 0 aromatic heterocycles. The normalized spacial score (nSPS) is 20.4. The van der Waals surface area contributed by atoms with E-state index in [2.05, 4.69) is 5.32 Å². The summed E-state index contributed by atoms with van der Waals surface area (Å²) in [5.41, 5.74) is 0.585. The van der Waals surface area contributed by atoms with Crippen LogP contribution in [0.25, 0.3) is 6.08 Å². The Hall–Kier alpha value is -3.02. The van der Waals surface area contributed by atoms with Crippen molar-refractivity contribution in [2.45, 2.75) is 30.2 Å². The van der Waals surface area contributed by atoms with Crippen LogP contribution in [-0.4, -0.2) is 60.4 Å². The van der Waals surface area contributed by atoms with Gasteiger partial charge in [0.1, 0.15) is 11.9 Å². The number of carbonyl (C=O) groups is 3. The van der Waals surface area contributed by atoms with Crippen molar-refractivity contribution in [3.05, 3.63) is 70.9 Å². The molecule has 1 N–H and O–H groups in total. The zero-order valence-corrected chi connectivity index (χ0v) is 20.4. The zero-order valence-electron chi connectivity index (χ0n) is 18.7. The first-order valence-electron chi connectivity index (χ1n) is 11.1. The second-order valence-corrected chi connectivity index (χ2v) is 11.0. The molecule has 2 saturated heterocycles. The Morgan fingerprint density at radius 1 is 1.09 bits per heavy atom. The standard InChI is InChI=1S/C24H24FN3O5S2/c25-18-11-9-17(10-12-18)16-21-23(30)27(24(31)34-21)15-13-26-22(29)20-8-4-5-14-28(20)35(32,33)19-6-2-1-3-7-19/h1-3,6-7,9-12,16,20H,4-5,8,13-15H2,(H,26,29)/b21-16-/t20-/m1/s1. The molecule has 184 valence electrons. The topological polar surface area (TPSA) is 104 Å². The number of carbonyl (C=O) groups excluding carboxylic acids is 3. The van der Waals surface area contributed by atoms with E-state index in [1.807, 2.05) is 0 Å². The Morgan fingerprint density at radius 2 is 1.80 bits per heavy atom. The maximum absolute atomic E-state index is 13.1. The fraction of sp³-hybridized carbons (Fsp3) is 0.292. The van der Waals surface area contributed by atoms with Gasteiger partial charge in [-0.2, -0.15) is 4.31 Å². The van der Waals surface area contributed by atoms with E-state index in [0.717, 1.165) is 23.1 Å². The molecule has 2 aliphatic heterocycles. The van der Waals surface area contributed by atoms with E-state index >= 15 is 0 Å². The third-order valence-electron chi connectivity index (χ3n) is 5.78. The summed E-state index contributed by atoms with van der Waals surface area (Å²) in [7, 11) is -3.83. The summed E-state index contributed by atoms with van der Waals surface area (Å²) in [6.45, 7) is 0.193. The highest BCUT2D eigenvalue weighted by atomic mass is 32.2. The van der Waals surface area contributed by atoms with Gasteiger partial charge in [-0.25, -0.2) is 12.8 Å². The Balaban J connectivity index is 1.37. The quantitative estimate of drug-likeness (QED) is 0.566. The van der Waals surface area contributed by atoms with Gasteiger partial charge in [0.15, 0.2) is 0 Å². The second-order valence-electron chi connectivity index (χ2n) is 8.12. The summed E-state index contributed by atoms with van der Waals surface area (Å²) in [4.78, 5) is 39.2. The van der Waals surface area contributed by atoms with Gasteiger partial charge >= 0.3 is 0 Å². The summed E-state index contributed by atoms with van der Waals surface area (Å²) >= 11 is 0.774. The number of halogens is 1. The molecular weight excluding hydrogens is 493 g/mol. The second kappa shape index (κ2) is 10.7. The fourth-order valence-corrected chi connectivity index (χ4v) is 6.54. The van der Waals surface area contributed by atoms with Crippen LogP contribution >= 0.6 is 11.8 Å². The molecule has 0 radical (unpaired) electrons. The zero-order chi connectivity index (χ0) is 25.0. The number of sulfonamides is 1. The lowest BCUT2D eigenvalue weighted by molar-refractivity contribution is -0.127. The molecule has 4 rings (SSSR count). The van der Waals surface area contributed by atoms with Crippen molar-refractivity contribution in [1.29, 1.82) is 0 Å². The minimum atomic E-state index is -3.83. The fourth-order valence-electron chi connectivity index (χ4n) is 3.99. The number of nitrogens with one attached hydrogen (secondary N) is 1. The predicted octanol–water partition coefficient (Wildman–Crippen LogP) is 3.22. The molecule has 2 aromatic carbocycles. The summed E-state index contributed by atoms with van der Waals surface area (Å²) < 4.78 is 40.5. The van der Waals surface area contributed by atoms with Gasteiger partial charge in [-0.1, -0.05) is 36.8 Å². The van der Waals surface area contributed by atoms with Crippen LogP contribution in [0.1, 0.15) is 24.8 Å². The molecule has 3 amide bonds. The number of amides is 3. The molecule has 0 saturated carbocycles. The number of imide groups is 1. The van der Waals surface area contributed by atoms with Crippen LogP contribution in [0.5, 0.6) is 0 Å². The van der Waals surface area contributed by atoms with Gasteiger partial charge in [0, 0.05) is 19.6 Å². The third kappa shape index (κ3) is 5.63. The van der Waals surface area contributed by atoms with Crippen molar-refractivity contribution in [1.82, 2.24) is 14.5 Å². The van der Waals surface area contributed by atoms with Gasteiger partial charge in [-0.3, -0.25) is 19.3 Å². The van der Waals surface area contributed by atoms with Crippen molar-refractivity contribution in [3.63, 3.8) is 0 Å². The Morgan fingerprint density at radius 3 is 2.51 bits per heavy atom. The van der Waals surface area contributed by atoms with Crippen LogP contribution in [0.3, 0.4) is 0 Å². The molecule has 2 heterocycles. The highest BCUT2D eigenvalue weighted by molar-refractivity contribution is 8.18. The first-order chi connectivity index (χ1) is 16.8. The van der Waals surface area contributed by atoms with Crippen molar-refractivity contribution in [2.24, 2.45) is 0 Å². The van der Waals surface area contributed by atoms with Crippen molar-refractivity contribution in [3.8, 4) is 0 Å². The monoisotopic (exact) mass is 517 g/mol. The third-order valence-corrected chi connectivity index (χ3v) is 8.61. The number of hydrogen-bond acceptors (Lipinski definition) is 6. The van der Waals surface area contributed by atoms with Crippen LogP contribution in [0, 0.1) is 5.82 Å². The molecule has 2 aliphatic rings. The van der Waals surface area contributed by atoms with Crippen molar-refractivity contribution in [2.75, 3.05) is 19.6 Å². The van der Waals surface area contributed by atoms with E-state index in [0.29, 0.717) is 18.4 Å². The van der Waals surface area contributed by atoms with Crippen LogP contribution < -0.4 is 5.32 Å². The molecular formula is C24H24FN3O5S2. The summed E-state index contributed by atoms with van der Waals surface area (Å²) in [6, 6.07) is 12.7. The van der Waals surface area contributed by atoms with Crippen molar-refractivity contribution < 1.29 is 27.2 Å². The number of hydrogen-bond donors (Lipinski definition) is 1. The van der Waals surface area contributed by atoms with Crippen LogP contribution in [0.4, 0.5) is 9.18 Å². The smallest absolute Gasteiger partial charge is 0.293 e. The Kier molecular flexibility index (Phi) is 7.68. The Bertz CT molecular complexity index is 1250. The van der Waals surface area contributed by atoms with E-state index in [9.17, 15) is 27.2 Å². The molecule has 0 aliphatic carbocycles. The first-order valence-corrected chi connectivity index (χ1v) is 13.4. The van der Waals surface area contributed by atoms with Gasteiger partial charge < -0.3 is 5.32 Å². The molecule has 2 fully saturated rings. The van der Waals surface area contributed by atoms with Gasteiger partial charge in [0.05, 0.1) is 9.80 Å². The van der Waals surface area contributed by atoms with Gasteiger partial charge in [0.2, 0.25) is 15.9 Å². The molecule has 2 aromatic rings. The highest BCUT2D eigenvalue weighted by Gasteiger charge is 2.38. The minimum Gasteiger partial charge on any atom is -0.353 e. The number of piperidine rings is 1. The lowest BCUT2D eigenvalue weighted by Crippen LogP contribution is -2.52. The largest absolute Gasteiger partial charge is 0.353 e. The molecule has 1 atom stereocenters. The number of benzene rings is 2. The summed E-state index contributed by atoms with van der Waals surface area (Å²) in [5, 5.41) is 2.21. The average molecular weight is 518 g/mol. The van der Waals surface area contributed by atoms with Crippen LogP contribution in [0.2, 0.25) is 0 Å². The van der Waals surface area contributed by atoms with E-state index in [1.165, 1.54) is 46.8 Å². The van der Waals surface area contributed by atoms with E-state index in [-0.39, 0.29) is 29.4 Å². The van der Waals surface area contributed by atoms with Crippen molar-refractivity contribution >= 4 is 44.9 Å². The maximum atomic E-state index is 13.1. The average Bonchev–Trinajstić information content (AvgIpc) is 3.13. The predicted molar refractivity (Wildman–Crippen MR) is 130 cm³/mol. The van der Waals surface area contributed by atoms with E-state index in [1.54, 1.807) is 18.2 Å². The lowest BCUT2D eigenvalue weighted by atomic mass is 10.0. The Labute approximate surface area is 207 Å². The van der Waals surface area contributed by atoms with Gasteiger partial charge in [-0.05, 0) is 60.5 Å². The molecule has 0 bridgehead atoms. The molecule has 8 nitrogen and oxygen atoms in total. The molecule has 0 unspecified atom stereocenters. The summed E-state index contributed by atoms with van der Waals surface area (Å²) in [6.07, 6.45) is 3.28. The number of rotatable bonds is 7. The van der Waals surface area contributed by atoms with Crippen LogP contribution in [0.15, 0.2) is 64.4 Å². The minimum absolute atomic E-state index is 0.00355. The summed E-state index contributed by atoms with van der Waals surface area (Å²) in [5.74, 6) is -1.36. The van der Waals surface area contributed by atoms with E-state index in [4.69, 9.17) is 0 Å². The number of thioether (sulfide) groups is 1. The van der Waals surface area contributed by atoms with E-state index < -0.39 is 38.9 Å². The first kappa shape index (κ1) is 25.1. The van der Waals surface area contributed by atoms with Crippen LogP contribution in [-0.2, 0) is 19.6 Å². The SMILES string of the molecule is O=C(NCCN1C(=O)S/C(=C\c2ccc(F)cc2)C1=O)[C@H]1CCCCN1S(=O)(=O)c1ccccc1. The molecule has 11 heteroatoms. The van der Waals surface area contributed by atoms with Gasteiger partial charge in [-0.15, -0.1) is 0 Å². The number of nitrogens with zero attached hydrogens (tertiary/aromatic N) is 2. The lowest BCUT2D eigenvalue weighted by Gasteiger charge is -2.33. The maximum Gasteiger partial charge on any atom is 0.293 e. The molecule has 0 spiro atoms. The highest BCUT2D eigenvalue weighted by Crippen LogP contribution is 2.32. The van der Waals surface area contributed by atoms with Gasteiger partial charge in [0.25, 0.3) is 11.1 Å². The molecule has 35 heavy (non-hydrogen) atoms.